The molecule has 2 unspecified atom stereocenters. The molecule has 0 aromatic heterocycles. The largest absolute Gasteiger partial charge is 0.343 e. The van der Waals surface area contributed by atoms with Crippen LogP contribution in [-0.4, -0.2) is 35.3 Å². The summed E-state index contributed by atoms with van der Waals surface area (Å²) in [5, 5.41) is 2.75. The lowest BCUT2D eigenvalue weighted by Gasteiger charge is -2.40. The molecule has 98 valence electrons. The van der Waals surface area contributed by atoms with Crippen molar-refractivity contribution in [2.45, 2.75) is 53.1 Å². The van der Waals surface area contributed by atoms with E-state index >= 15 is 0 Å². The van der Waals surface area contributed by atoms with Gasteiger partial charge >= 0.3 is 0 Å². The van der Waals surface area contributed by atoms with Gasteiger partial charge in [-0.25, -0.2) is 0 Å². The second-order valence-corrected chi connectivity index (χ2v) is 5.63. The minimum atomic E-state index is -0.385. The fourth-order valence-electron chi connectivity index (χ4n) is 2.20. The van der Waals surface area contributed by atoms with Crippen LogP contribution in [0.5, 0.6) is 0 Å². The topological polar surface area (TPSA) is 49.4 Å². The van der Waals surface area contributed by atoms with E-state index in [0.29, 0.717) is 12.5 Å². The van der Waals surface area contributed by atoms with E-state index in [4.69, 9.17) is 0 Å². The summed E-state index contributed by atoms with van der Waals surface area (Å²) >= 11 is 0. The van der Waals surface area contributed by atoms with Crippen LogP contribution in [0.3, 0.4) is 0 Å². The van der Waals surface area contributed by atoms with Crippen molar-refractivity contribution in [3.05, 3.63) is 0 Å². The Balaban J connectivity index is 2.83. The Labute approximate surface area is 104 Å². The van der Waals surface area contributed by atoms with Crippen molar-refractivity contribution < 1.29 is 9.59 Å². The van der Waals surface area contributed by atoms with Gasteiger partial charge in [0.05, 0.1) is 0 Å². The summed E-state index contributed by atoms with van der Waals surface area (Å²) in [6.07, 6.45) is 0.939. The first-order valence-electron chi connectivity index (χ1n) is 6.45. The fraction of sp³-hybridized carbons (Fsp3) is 0.846. The zero-order valence-electron chi connectivity index (χ0n) is 11.5. The molecule has 0 radical (unpaired) electrons. The predicted octanol–water partition coefficient (Wildman–Crippen LogP) is 1.40. The maximum Gasteiger partial charge on any atom is 0.245 e. The average Bonchev–Trinajstić information content (AvgIpc) is 2.20. The summed E-state index contributed by atoms with van der Waals surface area (Å²) in [6, 6.07) is -0.692. The fourth-order valence-corrected chi connectivity index (χ4v) is 2.20. The first kappa shape index (κ1) is 14.0. The molecule has 0 bridgehead atoms. The minimum Gasteiger partial charge on any atom is -0.343 e. The molecule has 1 aliphatic heterocycles. The Bertz CT molecular complexity index is 300. The first-order valence-corrected chi connectivity index (χ1v) is 6.45. The van der Waals surface area contributed by atoms with Crippen molar-refractivity contribution in [3.8, 4) is 0 Å². The molecule has 1 fully saturated rings. The van der Waals surface area contributed by atoms with E-state index in [0.717, 1.165) is 6.42 Å². The van der Waals surface area contributed by atoms with Crippen LogP contribution in [0.4, 0.5) is 0 Å². The van der Waals surface area contributed by atoms with E-state index in [9.17, 15) is 9.59 Å². The summed E-state index contributed by atoms with van der Waals surface area (Å²) in [4.78, 5) is 25.8. The van der Waals surface area contributed by atoms with Crippen LogP contribution in [0.2, 0.25) is 0 Å². The van der Waals surface area contributed by atoms with Crippen LogP contribution in [0.25, 0.3) is 0 Å². The van der Waals surface area contributed by atoms with Gasteiger partial charge < -0.3 is 10.2 Å². The molecule has 1 N–H and O–H groups in total. The standard InChI is InChI=1S/C13H24N2O2/c1-8(2)6-7-15-11(9(3)4)12(16)14-10(5)13(15)17/h8-11H,6-7H2,1-5H3,(H,14,16). The molecule has 1 heterocycles. The Morgan fingerprint density at radius 3 is 2.29 bits per heavy atom. The van der Waals surface area contributed by atoms with Crippen molar-refractivity contribution in [1.29, 1.82) is 0 Å². The molecule has 0 saturated carbocycles. The number of rotatable bonds is 4. The number of hydrogen-bond acceptors (Lipinski definition) is 2. The molecule has 0 spiro atoms. The van der Waals surface area contributed by atoms with Crippen LogP contribution in [0.1, 0.15) is 41.0 Å². The summed E-state index contributed by atoms with van der Waals surface area (Å²) in [5.41, 5.74) is 0. The second kappa shape index (κ2) is 5.52. The van der Waals surface area contributed by atoms with Gasteiger partial charge in [0.1, 0.15) is 12.1 Å². The Morgan fingerprint density at radius 1 is 1.24 bits per heavy atom. The Kier molecular flexibility index (Phi) is 4.54. The van der Waals surface area contributed by atoms with Crippen molar-refractivity contribution in [3.63, 3.8) is 0 Å². The highest BCUT2D eigenvalue weighted by Crippen LogP contribution is 2.18. The summed E-state index contributed by atoms with van der Waals surface area (Å²) in [6.45, 7) is 10.6. The SMILES string of the molecule is CC(C)CCN1C(=O)C(C)NC(=O)C1C(C)C. The molecule has 2 amide bonds. The quantitative estimate of drug-likeness (QED) is 0.807. The van der Waals surface area contributed by atoms with Crippen molar-refractivity contribution in [1.82, 2.24) is 10.2 Å². The lowest BCUT2D eigenvalue weighted by atomic mass is 9.96. The Morgan fingerprint density at radius 2 is 1.82 bits per heavy atom. The zero-order chi connectivity index (χ0) is 13.2. The van der Waals surface area contributed by atoms with Gasteiger partial charge in [-0.3, -0.25) is 9.59 Å². The van der Waals surface area contributed by atoms with Gasteiger partial charge in [-0.1, -0.05) is 27.7 Å². The second-order valence-electron chi connectivity index (χ2n) is 5.63. The molecule has 1 aliphatic rings. The van der Waals surface area contributed by atoms with Gasteiger partial charge in [0, 0.05) is 6.54 Å². The van der Waals surface area contributed by atoms with Crippen molar-refractivity contribution in [2.75, 3.05) is 6.54 Å². The highest BCUT2D eigenvalue weighted by atomic mass is 16.2. The van der Waals surface area contributed by atoms with Gasteiger partial charge in [-0.2, -0.15) is 0 Å². The number of hydrogen-bond donors (Lipinski definition) is 1. The molecule has 0 aromatic carbocycles. The average molecular weight is 240 g/mol. The molecule has 1 rings (SSSR count). The third-order valence-electron chi connectivity index (χ3n) is 3.20. The zero-order valence-corrected chi connectivity index (χ0v) is 11.5. The van der Waals surface area contributed by atoms with E-state index in [1.165, 1.54) is 0 Å². The number of carbonyl (C=O) groups is 2. The van der Waals surface area contributed by atoms with Crippen LogP contribution in [0.15, 0.2) is 0 Å². The third-order valence-corrected chi connectivity index (χ3v) is 3.20. The highest BCUT2D eigenvalue weighted by molar-refractivity contribution is 5.96. The van der Waals surface area contributed by atoms with Crippen LogP contribution in [-0.2, 0) is 9.59 Å². The van der Waals surface area contributed by atoms with Crippen LogP contribution in [0, 0.1) is 11.8 Å². The number of nitrogens with zero attached hydrogens (tertiary/aromatic N) is 1. The number of carbonyl (C=O) groups excluding carboxylic acids is 2. The smallest absolute Gasteiger partial charge is 0.245 e. The van der Waals surface area contributed by atoms with Crippen LogP contribution >= 0.6 is 0 Å². The van der Waals surface area contributed by atoms with E-state index < -0.39 is 0 Å². The molecule has 4 heteroatoms. The van der Waals surface area contributed by atoms with E-state index in [-0.39, 0.29) is 29.8 Å². The molecular formula is C13H24N2O2. The molecule has 0 aromatic rings. The predicted molar refractivity (Wildman–Crippen MR) is 67.4 cm³/mol. The lowest BCUT2D eigenvalue weighted by Crippen LogP contribution is -2.64. The number of amides is 2. The summed E-state index contributed by atoms with van der Waals surface area (Å²) in [7, 11) is 0. The van der Waals surface area contributed by atoms with Crippen molar-refractivity contribution >= 4 is 11.8 Å². The lowest BCUT2D eigenvalue weighted by molar-refractivity contribution is -0.150. The summed E-state index contributed by atoms with van der Waals surface area (Å²) < 4.78 is 0. The van der Waals surface area contributed by atoms with Gasteiger partial charge in [0.2, 0.25) is 11.8 Å². The first-order chi connectivity index (χ1) is 7.84. The maximum absolute atomic E-state index is 12.1. The van der Waals surface area contributed by atoms with E-state index in [1.54, 1.807) is 11.8 Å². The van der Waals surface area contributed by atoms with Gasteiger partial charge in [0.15, 0.2) is 0 Å². The summed E-state index contributed by atoms with van der Waals surface area (Å²) in [5.74, 6) is 0.717. The molecular weight excluding hydrogens is 216 g/mol. The van der Waals surface area contributed by atoms with E-state index in [1.807, 2.05) is 13.8 Å². The monoisotopic (exact) mass is 240 g/mol. The van der Waals surface area contributed by atoms with Gasteiger partial charge in [-0.15, -0.1) is 0 Å². The molecule has 17 heavy (non-hydrogen) atoms. The van der Waals surface area contributed by atoms with Gasteiger partial charge in [0.25, 0.3) is 0 Å². The van der Waals surface area contributed by atoms with Crippen LogP contribution < -0.4 is 5.32 Å². The number of nitrogens with one attached hydrogen (secondary N) is 1. The molecule has 0 aliphatic carbocycles. The minimum absolute atomic E-state index is 0.0177. The Hall–Kier alpha value is -1.06. The maximum atomic E-state index is 12.1. The third kappa shape index (κ3) is 3.20. The van der Waals surface area contributed by atoms with Crippen molar-refractivity contribution in [2.24, 2.45) is 11.8 Å². The normalized spacial score (nSPS) is 25.7. The van der Waals surface area contributed by atoms with Gasteiger partial charge in [-0.05, 0) is 25.2 Å². The molecule has 4 nitrogen and oxygen atoms in total. The molecule has 2 atom stereocenters. The molecule has 1 saturated heterocycles. The van der Waals surface area contributed by atoms with E-state index in [2.05, 4.69) is 19.2 Å². The number of piperazine rings is 1. The highest BCUT2D eigenvalue weighted by Gasteiger charge is 2.39.